The topological polar surface area (TPSA) is 41.4 Å². The predicted molar refractivity (Wildman–Crippen MR) is 107 cm³/mol. The number of rotatable bonds is 3. The lowest BCUT2D eigenvalue weighted by atomic mass is 10.1. The van der Waals surface area contributed by atoms with Crippen molar-refractivity contribution < 1.29 is 13.2 Å². The molecule has 0 radical (unpaired) electrons. The molecule has 0 amide bonds. The van der Waals surface area contributed by atoms with E-state index >= 15 is 0 Å². The number of benzene rings is 1. The summed E-state index contributed by atoms with van der Waals surface area (Å²) in [5.41, 5.74) is 0.733. The lowest BCUT2D eigenvalue weighted by molar-refractivity contribution is -0.137. The number of nitrogens with zero attached hydrogens (tertiary/aromatic N) is 2. The van der Waals surface area contributed by atoms with Crippen molar-refractivity contribution in [3.05, 3.63) is 59.4 Å². The number of guanidine groups is 1. The molecule has 0 saturated carbocycles. The number of aryl methyl sites for hydroxylation is 1. The van der Waals surface area contributed by atoms with E-state index in [1.54, 1.807) is 13.1 Å². The van der Waals surface area contributed by atoms with Gasteiger partial charge in [0.25, 0.3) is 0 Å². The second-order valence-corrected chi connectivity index (χ2v) is 5.34. The minimum Gasteiger partial charge on any atom is -0.357 e. The van der Waals surface area contributed by atoms with Crippen LogP contribution in [0.3, 0.4) is 0 Å². The second kappa shape index (κ2) is 10.1. The van der Waals surface area contributed by atoms with Crippen LogP contribution in [0.2, 0.25) is 0 Å². The molecule has 1 aromatic heterocycles. The molecule has 26 heavy (non-hydrogen) atoms. The number of halogens is 4. The monoisotopic (exact) mass is 476 g/mol. The molecule has 8 heteroatoms. The molecule has 0 fully saturated rings. The fourth-order valence-electron chi connectivity index (χ4n) is 2.12. The minimum atomic E-state index is -4.36. The van der Waals surface area contributed by atoms with Gasteiger partial charge in [0.15, 0.2) is 5.96 Å². The van der Waals surface area contributed by atoms with Crippen molar-refractivity contribution in [2.45, 2.75) is 12.7 Å². The molecule has 0 spiro atoms. The van der Waals surface area contributed by atoms with E-state index in [0.29, 0.717) is 18.1 Å². The molecule has 0 aliphatic heterocycles. The van der Waals surface area contributed by atoms with Gasteiger partial charge in [-0.25, -0.2) is 0 Å². The summed E-state index contributed by atoms with van der Waals surface area (Å²) >= 11 is 0. The Morgan fingerprint density at radius 1 is 1.23 bits per heavy atom. The van der Waals surface area contributed by atoms with Crippen LogP contribution in [0, 0.1) is 11.8 Å². The highest BCUT2D eigenvalue weighted by Gasteiger charge is 2.30. The van der Waals surface area contributed by atoms with Crippen molar-refractivity contribution >= 4 is 29.9 Å². The van der Waals surface area contributed by atoms with Gasteiger partial charge < -0.3 is 15.2 Å². The van der Waals surface area contributed by atoms with Gasteiger partial charge in [-0.15, -0.1) is 24.0 Å². The molecule has 1 aromatic carbocycles. The van der Waals surface area contributed by atoms with E-state index in [0.717, 1.165) is 17.7 Å². The molecule has 140 valence electrons. The Kier molecular flexibility index (Phi) is 8.51. The number of aliphatic imine (C=N–C) groups is 1. The van der Waals surface area contributed by atoms with Crippen LogP contribution < -0.4 is 10.6 Å². The standard InChI is InChI=1S/C18H19F3N4.HI/c1-22-17(24-12-15-8-10-25(2)13-15)23-9-4-6-14-5-3-7-16(11-14)18(19,20)21;/h3,5,7-8,10-11,13H,9,12H2,1-2H3,(H2,22,23,24);1H. The summed E-state index contributed by atoms with van der Waals surface area (Å²) in [6, 6.07) is 6.95. The molecule has 2 rings (SSSR count). The average molecular weight is 476 g/mol. The Morgan fingerprint density at radius 3 is 2.62 bits per heavy atom. The SMILES string of the molecule is CN=C(NCC#Cc1cccc(C(F)(F)F)c1)NCc1ccn(C)c1.I. The maximum absolute atomic E-state index is 12.6. The highest BCUT2D eigenvalue weighted by molar-refractivity contribution is 14.0. The number of hydrogen-bond donors (Lipinski definition) is 2. The average Bonchev–Trinajstić information content (AvgIpc) is 2.99. The molecule has 0 aliphatic rings. The maximum Gasteiger partial charge on any atom is 0.416 e. The number of hydrogen-bond acceptors (Lipinski definition) is 1. The molecular formula is C18H20F3IN4. The van der Waals surface area contributed by atoms with Crippen molar-refractivity contribution in [2.24, 2.45) is 12.0 Å². The molecule has 0 bridgehead atoms. The summed E-state index contributed by atoms with van der Waals surface area (Å²) in [4.78, 5) is 4.07. The van der Waals surface area contributed by atoms with Gasteiger partial charge in [-0.3, -0.25) is 4.99 Å². The van der Waals surface area contributed by atoms with Crippen LogP contribution in [0.5, 0.6) is 0 Å². The minimum absolute atomic E-state index is 0. The normalized spacial score (nSPS) is 11.2. The Labute approximate surface area is 167 Å². The van der Waals surface area contributed by atoms with Crippen molar-refractivity contribution in [3.8, 4) is 11.8 Å². The second-order valence-electron chi connectivity index (χ2n) is 5.34. The van der Waals surface area contributed by atoms with Gasteiger partial charge in [0.05, 0.1) is 12.1 Å². The van der Waals surface area contributed by atoms with E-state index in [2.05, 4.69) is 27.5 Å². The summed E-state index contributed by atoms with van der Waals surface area (Å²) in [6.45, 7) is 0.881. The Bertz CT molecular complexity index is 800. The Balaban J connectivity index is 0.00000338. The van der Waals surface area contributed by atoms with E-state index in [1.807, 2.05) is 30.1 Å². The predicted octanol–water partition coefficient (Wildman–Crippen LogP) is 3.38. The van der Waals surface area contributed by atoms with E-state index in [1.165, 1.54) is 6.07 Å². The summed E-state index contributed by atoms with van der Waals surface area (Å²) in [5, 5.41) is 6.13. The zero-order chi connectivity index (χ0) is 18.3. The third-order valence-electron chi connectivity index (χ3n) is 3.34. The largest absolute Gasteiger partial charge is 0.416 e. The van der Waals surface area contributed by atoms with Crippen LogP contribution in [0.25, 0.3) is 0 Å². The zero-order valence-corrected chi connectivity index (χ0v) is 16.7. The van der Waals surface area contributed by atoms with Crippen molar-refractivity contribution in [3.63, 3.8) is 0 Å². The summed E-state index contributed by atoms with van der Waals surface area (Å²) < 4.78 is 39.9. The fourth-order valence-corrected chi connectivity index (χ4v) is 2.12. The van der Waals surface area contributed by atoms with E-state index in [-0.39, 0.29) is 30.5 Å². The van der Waals surface area contributed by atoms with Crippen LogP contribution in [0.15, 0.2) is 47.7 Å². The Hall–Kier alpha value is -2.15. The third kappa shape index (κ3) is 7.00. The molecule has 0 unspecified atom stereocenters. The van der Waals surface area contributed by atoms with E-state index < -0.39 is 11.7 Å². The van der Waals surface area contributed by atoms with Crippen LogP contribution in [0.4, 0.5) is 13.2 Å². The number of alkyl halides is 3. The first-order chi connectivity index (χ1) is 11.9. The molecule has 2 N–H and O–H groups in total. The highest BCUT2D eigenvalue weighted by Crippen LogP contribution is 2.29. The molecule has 0 atom stereocenters. The van der Waals surface area contributed by atoms with Gasteiger partial charge >= 0.3 is 6.18 Å². The van der Waals surface area contributed by atoms with Gasteiger partial charge in [0.2, 0.25) is 0 Å². The fraction of sp³-hybridized carbons (Fsp3) is 0.278. The molecule has 1 heterocycles. The highest BCUT2D eigenvalue weighted by atomic mass is 127. The first-order valence-corrected chi connectivity index (χ1v) is 7.60. The molecular weight excluding hydrogens is 456 g/mol. The zero-order valence-electron chi connectivity index (χ0n) is 14.4. The number of nitrogens with one attached hydrogen (secondary N) is 2. The summed E-state index contributed by atoms with van der Waals surface area (Å²) in [6.07, 6.45) is -0.416. The smallest absolute Gasteiger partial charge is 0.357 e. The molecule has 0 saturated heterocycles. The van der Waals surface area contributed by atoms with Crippen molar-refractivity contribution in [1.29, 1.82) is 0 Å². The maximum atomic E-state index is 12.6. The van der Waals surface area contributed by atoms with Gasteiger partial charge in [0, 0.05) is 38.6 Å². The lowest BCUT2D eigenvalue weighted by Gasteiger charge is -2.08. The Morgan fingerprint density at radius 2 is 2.00 bits per heavy atom. The van der Waals surface area contributed by atoms with Crippen LogP contribution in [0.1, 0.15) is 16.7 Å². The third-order valence-corrected chi connectivity index (χ3v) is 3.34. The first-order valence-electron chi connectivity index (χ1n) is 7.60. The van der Waals surface area contributed by atoms with Gasteiger partial charge in [-0.1, -0.05) is 17.9 Å². The first kappa shape index (κ1) is 21.9. The van der Waals surface area contributed by atoms with E-state index in [9.17, 15) is 13.2 Å². The van der Waals surface area contributed by atoms with Crippen LogP contribution in [-0.4, -0.2) is 24.1 Å². The van der Waals surface area contributed by atoms with Crippen LogP contribution >= 0.6 is 24.0 Å². The van der Waals surface area contributed by atoms with Gasteiger partial charge in [-0.05, 0) is 29.8 Å². The van der Waals surface area contributed by atoms with Gasteiger partial charge in [-0.2, -0.15) is 13.2 Å². The van der Waals surface area contributed by atoms with E-state index in [4.69, 9.17) is 0 Å². The lowest BCUT2D eigenvalue weighted by Crippen LogP contribution is -2.36. The quantitative estimate of drug-likeness (QED) is 0.309. The molecule has 2 aromatic rings. The van der Waals surface area contributed by atoms with Crippen molar-refractivity contribution in [2.75, 3.05) is 13.6 Å². The summed E-state index contributed by atoms with van der Waals surface area (Å²) in [7, 11) is 3.58. The molecule has 4 nitrogen and oxygen atoms in total. The summed E-state index contributed by atoms with van der Waals surface area (Å²) in [5.74, 6) is 6.08. The number of aromatic nitrogens is 1. The van der Waals surface area contributed by atoms with Gasteiger partial charge in [0.1, 0.15) is 0 Å². The van der Waals surface area contributed by atoms with Crippen LogP contribution in [-0.2, 0) is 19.8 Å². The van der Waals surface area contributed by atoms with Crippen molar-refractivity contribution in [1.82, 2.24) is 15.2 Å². The molecule has 0 aliphatic carbocycles.